The van der Waals surface area contributed by atoms with Gasteiger partial charge in [0.1, 0.15) is 5.56 Å². The minimum absolute atomic E-state index is 0.0133. The number of benzene rings is 1. The van der Waals surface area contributed by atoms with Gasteiger partial charge in [-0.2, -0.15) is 10.4 Å². The second-order valence-electron chi connectivity index (χ2n) is 4.48. The normalized spacial score (nSPS) is 10.4. The van der Waals surface area contributed by atoms with Gasteiger partial charge in [0.05, 0.1) is 29.2 Å². The summed E-state index contributed by atoms with van der Waals surface area (Å²) < 4.78 is 1.58. The van der Waals surface area contributed by atoms with Crippen LogP contribution in [0.3, 0.4) is 0 Å². The van der Waals surface area contributed by atoms with Crippen molar-refractivity contribution >= 4 is 5.97 Å². The van der Waals surface area contributed by atoms with E-state index in [1.54, 1.807) is 28.9 Å². The predicted molar refractivity (Wildman–Crippen MR) is 69.3 cm³/mol. The molecule has 0 atom stereocenters. The largest absolute Gasteiger partial charge is 0.478 e. The Kier molecular flexibility index (Phi) is 3.34. The van der Waals surface area contributed by atoms with E-state index >= 15 is 0 Å². The number of aromatic carboxylic acids is 1. The van der Waals surface area contributed by atoms with Crippen molar-refractivity contribution in [2.24, 2.45) is 0 Å². The summed E-state index contributed by atoms with van der Waals surface area (Å²) in [5.41, 5.74) is 2.02. The molecular weight excluding hydrogens is 242 g/mol. The molecule has 5 heteroatoms. The third-order valence-electron chi connectivity index (χ3n) is 2.80. The molecule has 1 heterocycles. The third kappa shape index (κ3) is 2.33. The first-order chi connectivity index (χ1) is 9.04. The summed E-state index contributed by atoms with van der Waals surface area (Å²) in [4.78, 5) is 11.2. The zero-order chi connectivity index (χ0) is 14.0. The minimum atomic E-state index is -0.994. The lowest BCUT2D eigenvalue weighted by molar-refractivity contribution is 0.0695. The Morgan fingerprint density at radius 1 is 1.47 bits per heavy atom. The van der Waals surface area contributed by atoms with E-state index in [9.17, 15) is 4.79 Å². The van der Waals surface area contributed by atoms with E-state index in [2.05, 4.69) is 11.2 Å². The molecule has 1 aromatic heterocycles. The number of hydrogen-bond donors (Lipinski definition) is 1. The first-order valence-corrected chi connectivity index (χ1v) is 5.86. The van der Waals surface area contributed by atoms with Gasteiger partial charge in [-0.25, -0.2) is 9.48 Å². The van der Waals surface area contributed by atoms with Gasteiger partial charge in [0.25, 0.3) is 0 Å². The highest BCUT2D eigenvalue weighted by atomic mass is 16.4. The third-order valence-corrected chi connectivity index (χ3v) is 2.80. The Bertz CT molecular complexity index is 666. The molecule has 2 rings (SSSR count). The van der Waals surface area contributed by atoms with Crippen LogP contribution in [-0.2, 0) is 0 Å². The van der Waals surface area contributed by atoms with Crippen molar-refractivity contribution in [3.8, 4) is 11.8 Å². The van der Waals surface area contributed by atoms with E-state index in [0.29, 0.717) is 16.9 Å². The van der Waals surface area contributed by atoms with Crippen LogP contribution in [0.1, 0.15) is 41.4 Å². The summed E-state index contributed by atoms with van der Waals surface area (Å²) in [7, 11) is 0. The molecule has 0 amide bonds. The van der Waals surface area contributed by atoms with Crippen molar-refractivity contribution in [2.75, 3.05) is 0 Å². The van der Waals surface area contributed by atoms with E-state index in [1.165, 1.54) is 6.20 Å². The minimum Gasteiger partial charge on any atom is -0.478 e. The Balaban J connectivity index is 2.62. The van der Waals surface area contributed by atoms with E-state index in [-0.39, 0.29) is 11.5 Å². The topological polar surface area (TPSA) is 78.9 Å². The SMILES string of the molecule is CC(C)c1c(C(=O)O)cnn1-c1cccc(C#N)c1. The van der Waals surface area contributed by atoms with Crippen LogP contribution in [0, 0.1) is 11.3 Å². The van der Waals surface area contributed by atoms with E-state index in [0.717, 1.165) is 0 Å². The molecule has 0 unspecified atom stereocenters. The Morgan fingerprint density at radius 2 is 2.21 bits per heavy atom. The molecule has 0 radical (unpaired) electrons. The maximum atomic E-state index is 11.2. The highest BCUT2D eigenvalue weighted by Gasteiger charge is 2.20. The van der Waals surface area contributed by atoms with Crippen LogP contribution in [-0.4, -0.2) is 20.9 Å². The van der Waals surface area contributed by atoms with Crippen molar-refractivity contribution < 1.29 is 9.90 Å². The molecule has 0 saturated carbocycles. The zero-order valence-corrected chi connectivity index (χ0v) is 10.7. The molecule has 0 spiro atoms. The van der Waals surface area contributed by atoms with Crippen LogP contribution in [0.25, 0.3) is 5.69 Å². The van der Waals surface area contributed by atoms with Gasteiger partial charge in [-0.1, -0.05) is 19.9 Å². The lowest BCUT2D eigenvalue weighted by Crippen LogP contribution is -2.08. The van der Waals surface area contributed by atoms with Crippen LogP contribution in [0.5, 0.6) is 0 Å². The summed E-state index contributed by atoms with van der Waals surface area (Å²) in [6.07, 6.45) is 1.34. The van der Waals surface area contributed by atoms with Crippen molar-refractivity contribution in [1.29, 1.82) is 5.26 Å². The second kappa shape index (κ2) is 4.94. The molecule has 19 heavy (non-hydrogen) atoms. The molecule has 0 aliphatic heterocycles. The number of carboxylic acids is 1. The highest BCUT2D eigenvalue weighted by molar-refractivity contribution is 5.89. The molecule has 0 fully saturated rings. The van der Waals surface area contributed by atoms with Crippen LogP contribution in [0.2, 0.25) is 0 Å². The van der Waals surface area contributed by atoms with Gasteiger partial charge in [0, 0.05) is 0 Å². The molecule has 1 N–H and O–H groups in total. The first kappa shape index (κ1) is 12.8. The number of rotatable bonds is 3. The number of nitriles is 1. The van der Waals surface area contributed by atoms with Gasteiger partial charge in [0.2, 0.25) is 0 Å². The first-order valence-electron chi connectivity index (χ1n) is 5.86. The molecule has 0 aliphatic carbocycles. The van der Waals surface area contributed by atoms with Crippen molar-refractivity contribution in [3.63, 3.8) is 0 Å². The summed E-state index contributed by atoms with van der Waals surface area (Å²) in [5.74, 6) is -0.981. The molecule has 2 aromatic rings. The van der Waals surface area contributed by atoms with Crippen LogP contribution in [0.4, 0.5) is 0 Å². The van der Waals surface area contributed by atoms with Crippen LogP contribution >= 0.6 is 0 Å². The molecule has 0 saturated heterocycles. The maximum Gasteiger partial charge on any atom is 0.339 e. The van der Waals surface area contributed by atoms with Gasteiger partial charge in [-0.05, 0) is 24.1 Å². The highest BCUT2D eigenvalue weighted by Crippen LogP contribution is 2.23. The number of aromatic nitrogens is 2. The van der Waals surface area contributed by atoms with Crippen molar-refractivity contribution in [1.82, 2.24) is 9.78 Å². The number of hydrogen-bond acceptors (Lipinski definition) is 3. The smallest absolute Gasteiger partial charge is 0.339 e. The van der Waals surface area contributed by atoms with Crippen LogP contribution in [0.15, 0.2) is 30.5 Å². The van der Waals surface area contributed by atoms with Gasteiger partial charge >= 0.3 is 5.97 Å². The molecule has 0 bridgehead atoms. The van der Waals surface area contributed by atoms with Gasteiger partial charge in [-0.3, -0.25) is 0 Å². The lowest BCUT2D eigenvalue weighted by atomic mass is 10.1. The lowest BCUT2D eigenvalue weighted by Gasteiger charge is -2.11. The Morgan fingerprint density at radius 3 is 2.79 bits per heavy atom. The fourth-order valence-electron chi connectivity index (χ4n) is 1.99. The Labute approximate surface area is 110 Å². The quantitative estimate of drug-likeness (QED) is 0.914. The van der Waals surface area contributed by atoms with E-state index < -0.39 is 5.97 Å². The number of nitrogens with zero attached hydrogens (tertiary/aromatic N) is 3. The average molecular weight is 255 g/mol. The van der Waals surface area contributed by atoms with Gasteiger partial charge in [-0.15, -0.1) is 0 Å². The summed E-state index contributed by atoms with van der Waals surface area (Å²) in [5, 5.41) is 22.2. The average Bonchev–Trinajstić information content (AvgIpc) is 2.83. The fourth-order valence-corrected chi connectivity index (χ4v) is 1.99. The second-order valence-corrected chi connectivity index (χ2v) is 4.48. The maximum absolute atomic E-state index is 11.2. The predicted octanol–water partition coefficient (Wildman–Crippen LogP) is 2.57. The molecular formula is C14H13N3O2. The van der Waals surface area contributed by atoms with Gasteiger partial charge < -0.3 is 5.11 Å². The number of carbonyl (C=O) groups is 1. The van der Waals surface area contributed by atoms with Gasteiger partial charge in [0.15, 0.2) is 0 Å². The van der Waals surface area contributed by atoms with Crippen molar-refractivity contribution in [2.45, 2.75) is 19.8 Å². The molecule has 0 aliphatic rings. The summed E-state index contributed by atoms with van der Waals surface area (Å²) in [6.45, 7) is 3.82. The van der Waals surface area contributed by atoms with Crippen LogP contribution < -0.4 is 0 Å². The molecule has 1 aromatic carbocycles. The van der Waals surface area contributed by atoms with Crippen molar-refractivity contribution in [3.05, 3.63) is 47.3 Å². The standard InChI is InChI=1S/C14H13N3O2/c1-9(2)13-12(14(18)19)8-16-17(13)11-5-3-4-10(6-11)7-15/h3-6,8-9H,1-2H3,(H,18,19). The monoisotopic (exact) mass is 255 g/mol. The Hall–Kier alpha value is -2.61. The fraction of sp³-hybridized carbons (Fsp3) is 0.214. The summed E-state index contributed by atoms with van der Waals surface area (Å²) >= 11 is 0. The molecule has 5 nitrogen and oxygen atoms in total. The number of carboxylic acid groups (broad SMARTS) is 1. The summed E-state index contributed by atoms with van der Waals surface area (Å²) in [6, 6.07) is 8.98. The molecule has 96 valence electrons. The zero-order valence-electron chi connectivity index (χ0n) is 10.7. The van der Waals surface area contributed by atoms with E-state index in [1.807, 2.05) is 13.8 Å². The van der Waals surface area contributed by atoms with E-state index in [4.69, 9.17) is 10.4 Å².